The number of ether oxygens (including phenoxy) is 1. The average molecular weight is 361 g/mol. The van der Waals surface area contributed by atoms with Crippen molar-refractivity contribution in [1.29, 1.82) is 0 Å². The maximum absolute atomic E-state index is 14.4. The molecule has 0 aliphatic rings. The normalized spacial score (nSPS) is 11.6. The van der Waals surface area contributed by atoms with Gasteiger partial charge in [0.15, 0.2) is 0 Å². The number of benzene rings is 2. The zero-order valence-corrected chi connectivity index (χ0v) is 14.4. The average Bonchev–Trinajstić information content (AvgIpc) is 2.64. The maximum Gasteiger partial charge on any atom is 0.313 e. The Morgan fingerprint density at radius 2 is 1.85 bits per heavy atom. The number of carbonyl (C=O) groups excluding carboxylic acids is 1. The van der Waals surface area contributed by atoms with Crippen LogP contribution in [0.2, 0.25) is 0 Å². The van der Waals surface area contributed by atoms with E-state index in [4.69, 9.17) is 4.74 Å². The summed E-state index contributed by atoms with van der Waals surface area (Å²) in [4.78, 5) is 26.2. The lowest BCUT2D eigenvalue weighted by atomic mass is 9.97. The molecule has 0 N–H and O–H groups in total. The minimum absolute atomic E-state index is 0.0355. The van der Waals surface area contributed by atoms with Gasteiger partial charge in [0.2, 0.25) is 0 Å². The topological polar surface area (TPSA) is 78.7 Å². The second kappa shape index (κ2) is 9.50. The fraction of sp³-hybridized carbons (Fsp3) is 0.316. The van der Waals surface area contributed by atoms with Crippen LogP contribution in [0.25, 0.3) is 11.1 Å². The Balaban J connectivity index is 1.88. The minimum Gasteiger partial charge on any atom is -0.465 e. The summed E-state index contributed by atoms with van der Waals surface area (Å²) >= 11 is 0. The van der Waals surface area contributed by atoms with Crippen molar-refractivity contribution in [3.63, 3.8) is 0 Å². The van der Waals surface area contributed by atoms with E-state index in [1.165, 1.54) is 6.07 Å². The van der Waals surface area contributed by atoms with Crippen molar-refractivity contribution in [2.75, 3.05) is 13.2 Å². The summed E-state index contributed by atoms with van der Waals surface area (Å²) in [7, 11) is 0. The number of rotatable bonds is 9. The van der Waals surface area contributed by atoms with Gasteiger partial charge in [-0.3, -0.25) is 4.79 Å². The van der Waals surface area contributed by atoms with Crippen LogP contribution in [0.15, 0.2) is 48.5 Å². The smallest absolute Gasteiger partial charge is 0.313 e. The van der Waals surface area contributed by atoms with Crippen LogP contribution in [0.3, 0.4) is 0 Å². The molecule has 6 nitrogen and oxygen atoms in total. The van der Waals surface area contributed by atoms with Crippen LogP contribution in [-0.4, -0.2) is 24.3 Å². The molecular formula is C19H20FNO5. The predicted octanol–water partition coefficient (Wildman–Crippen LogP) is 4.13. The third kappa shape index (κ3) is 5.54. The van der Waals surface area contributed by atoms with Gasteiger partial charge in [0.05, 0.1) is 19.1 Å². The van der Waals surface area contributed by atoms with Crippen molar-refractivity contribution in [2.45, 2.75) is 25.7 Å². The second-order valence-corrected chi connectivity index (χ2v) is 5.76. The van der Waals surface area contributed by atoms with Gasteiger partial charge in [-0.05, 0) is 37.0 Å². The number of hydrogen-bond acceptors (Lipinski definition) is 5. The lowest BCUT2D eigenvalue weighted by Gasteiger charge is -2.13. The molecule has 0 aliphatic carbocycles. The van der Waals surface area contributed by atoms with E-state index in [-0.39, 0.29) is 13.2 Å². The third-order valence-corrected chi connectivity index (χ3v) is 3.91. The van der Waals surface area contributed by atoms with Gasteiger partial charge in [-0.2, -0.15) is 0 Å². The number of nitrogens with zero attached hydrogens (tertiary/aromatic N) is 1. The van der Waals surface area contributed by atoms with Gasteiger partial charge in [0.25, 0.3) is 5.09 Å². The molecule has 0 amide bonds. The Labute approximate surface area is 150 Å². The van der Waals surface area contributed by atoms with Gasteiger partial charge in [0, 0.05) is 5.56 Å². The highest BCUT2D eigenvalue weighted by Gasteiger charge is 2.18. The summed E-state index contributed by atoms with van der Waals surface area (Å²) in [6, 6.07) is 13.9. The first-order chi connectivity index (χ1) is 12.5. The first-order valence-corrected chi connectivity index (χ1v) is 8.28. The molecule has 2 aromatic carbocycles. The minimum atomic E-state index is -0.859. The largest absolute Gasteiger partial charge is 0.465 e. The van der Waals surface area contributed by atoms with E-state index in [0.29, 0.717) is 24.0 Å². The van der Waals surface area contributed by atoms with Crippen molar-refractivity contribution >= 4 is 5.97 Å². The van der Waals surface area contributed by atoms with Gasteiger partial charge >= 0.3 is 5.97 Å². The summed E-state index contributed by atoms with van der Waals surface area (Å²) in [5.41, 5.74) is 1.77. The molecule has 138 valence electrons. The monoisotopic (exact) mass is 361 g/mol. The molecule has 7 heteroatoms. The summed E-state index contributed by atoms with van der Waals surface area (Å²) in [6.45, 7) is 1.75. The van der Waals surface area contributed by atoms with Crippen LogP contribution in [0.4, 0.5) is 4.39 Å². The van der Waals surface area contributed by atoms with Crippen molar-refractivity contribution in [1.82, 2.24) is 0 Å². The molecule has 0 aromatic heterocycles. The summed E-state index contributed by atoms with van der Waals surface area (Å²) in [5, 5.41) is 9.14. The van der Waals surface area contributed by atoms with Gasteiger partial charge in [0.1, 0.15) is 5.82 Å². The van der Waals surface area contributed by atoms with E-state index in [1.807, 2.05) is 30.3 Å². The Morgan fingerprint density at radius 1 is 1.15 bits per heavy atom. The van der Waals surface area contributed by atoms with Crippen LogP contribution in [-0.2, 0) is 14.4 Å². The van der Waals surface area contributed by atoms with Crippen LogP contribution >= 0.6 is 0 Å². The highest BCUT2D eigenvalue weighted by Crippen LogP contribution is 2.26. The van der Waals surface area contributed by atoms with Gasteiger partial charge in [-0.1, -0.05) is 42.5 Å². The SMILES string of the molecule is C[C@@H](C(=O)OCCCCO[N+](=O)[O-])c1ccc(-c2ccccc2)c(F)c1. The molecule has 0 saturated heterocycles. The molecule has 0 saturated carbocycles. The number of halogens is 1. The molecular weight excluding hydrogens is 341 g/mol. The zero-order valence-electron chi connectivity index (χ0n) is 14.4. The van der Waals surface area contributed by atoms with E-state index in [0.717, 1.165) is 5.56 Å². The lowest BCUT2D eigenvalue weighted by molar-refractivity contribution is -0.757. The van der Waals surface area contributed by atoms with Crippen molar-refractivity contribution in [2.24, 2.45) is 0 Å². The molecule has 2 rings (SSSR count). The molecule has 0 spiro atoms. The van der Waals surface area contributed by atoms with Crippen LogP contribution in [0.1, 0.15) is 31.2 Å². The summed E-state index contributed by atoms with van der Waals surface area (Å²) in [5.74, 6) is -1.47. The third-order valence-electron chi connectivity index (χ3n) is 3.91. The van der Waals surface area contributed by atoms with Crippen molar-refractivity contribution in [3.8, 4) is 11.1 Å². The Morgan fingerprint density at radius 3 is 2.50 bits per heavy atom. The maximum atomic E-state index is 14.4. The summed E-state index contributed by atoms with van der Waals surface area (Å²) < 4.78 is 19.5. The molecule has 26 heavy (non-hydrogen) atoms. The van der Waals surface area contributed by atoms with Crippen LogP contribution in [0.5, 0.6) is 0 Å². The molecule has 0 unspecified atom stereocenters. The first kappa shape index (κ1) is 19.4. The number of unbranched alkanes of at least 4 members (excludes halogenated alkanes) is 1. The number of carbonyl (C=O) groups is 1. The Hall–Kier alpha value is -2.96. The molecule has 0 heterocycles. The molecule has 0 fully saturated rings. The van der Waals surface area contributed by atoms with E-state index in [2.05, 4.69) is 4.84 Å². The fourth-order valence-electron chi connectivity index (χ4n) is 2.43. The highest BCUT2D eigenvalue weighted by molar-refractivity contribution is 5.78. The van der Waals surface area contributed by atoms with Gasteiger partial charge in [-0.25, -0.2) is 4.39 Å². The van der Waals surface area contributed by atoms with Crippen molar-refractivity contribution < 1.29 is 23.8 Å². The zero-order chi connectivity index (χ0) is 18.9. The van der Waals surface area contributed by atoms with Crippen LogP contribution < -0.4 is 0 Å². The molecule has 0 bridgehead atoms. The first-order valence-electron chi connectivity index (χ1n) is 8.28. The Kier molecular flexibility index (Phi) is 7.08. The summed E-state index contributed by atoms with van der Waals surface area (Å²) in [6.07, 6.45) is 0.858. The van der Waals surface area contributed by atoms with E-state index >= 15 is 0 Å². The van der Waals surface area contributed by atoms with E-state index in [9.17, 15) is 19.3 Å². The van der Waals surface area contributed by atoms with Gasteiger partial charge in [-0.15, -0.1) is 10.1 Å². The lowest BCUT2D eigenvalue weighted by Crippen LogP contribution is -2.14. The molecule has 2 aromatic rings. The molecule has 0 aliphatic heterocycles. The molecule has 0 radical (unpaired) electrons. The Bertz CT molecular complexity index is 751. The standard InChI is InChI=1S/C19H20FNO5/c1-14(19(22)25-11-5-6-12-26-21(23)24)16-9-10-17(18(20)13-16)15-7-3-2-4-8-15/h2-4,7-10,13-14H,5-6,11-12H2,1H3/t14-/m1/s1. The molecule has 1 atom stereocenters. The van der Waals surface area contributed by atoms with E-state index in [1.54, 1.807) is 19.1 Å². The highest BCUT2D eigenvalue weighted by atomic mass is 19.1. The van der Waals surface area contributed by atoms with E-state index < -0.39 is 22.8 Å². The number of hydrogen-bond donors (Lipinski definition) is 0. The van der Waals surface area contributed by atoms with Crippen LogP contribution in [0, 0.1) is 15.9 Å². The fourth-order valence-corrected chi connectivity index (χ4v) is 2.43. The van der Waals surface area contributed by atoms with Crippen molar-refractivity contribution in [3.05, 3.63) is 70.0 Å². The second-order valence-electron chi connectivity index (χ2n) is 5.76. The number of esters is 1. The predicted molar refractivity (Wildman–Crippen MR) is 93.4 cm³/mol. The quantitative estimate of drug-likeness (QED) is 0.290. The van der Waals surface area contributed by atoms with Gasteiger partial charge < -0.3 is 9.57 Å².